The van der Waals surface area contributed by atoms with Gasteiger partial charge < -0.3 is 4.74 Å². The van der Waals surface area contributed by atoms with E-state index < -0.39 is 11.7 Å². The fourth-order valence-electron chi connectivity index (χ4n) is 3.16. The van der Waals surface area contributed by atoms with Crippen molar-refractivity contribution < 1.29 is 24.0 Å². The molecule has 0 atom stereocenters. The van der Waals surface area contributed by atoms with Crippen molar-refractivity contribution in [1.82, 2.24) is 15.3 Å². The Morgan fingerprint density at radius 2 is 1.79 bits per heavy atom. The van der Waals surface area contributed by atoms with Crippen molar-refractivity contribution in [3.63, 3.8) is 0 Å². The minimum absolute atomic E-state index is 0.136. The van der Waals surface area contributed by atoms with E-state index in [0.717, 1.165) is 5.57 Å². The lowest BCUT2D eigenvalue weighted by molar-refractivity contribution is 0.0321. The molecule has 2 aliphatic rings. The number of hydrogen-bond acceptors (Lipinski definition) is 6. The summed E-state index contributed by atoms with van der Waals surface area (Å²) in [6.07, 6.45) is 3.47. The Morgan fingerprint density at radius 1 is 1.17 bits per heavy atom. The van der Waals surface area contributed by atoms with E-state index in [0.29, 0.717) is 29.8 Å². The van der Waals surface area contributed by atoms with Crippen molar-refractivity contribution in [2.45, 2.75) is 32.8 Å². The molecular formula is C21H25N3O5. The molecule has 1 aromatic carbocycles. The molecule has 1 N–H and O–H groups in total. The predicted octanol–water partition coefficient (Wildman–Crippen LogP) is 2.84. The molecule has 29 heavy (non-hydrogen) atoms. The maximum absolute atomic E-state index is 12.5. The average molecular weight is 399 g/mol. The molecule has 2 heterocycles. The molecule has 8 heteroatoms. The van der Waals surface area contributed by atoms with Gasteiger partial charge in [0.1, 0.15) is 5.60 Å². The molecule has 0 fully saturated rings. The second kappa shape index (κ2) is 8.08. The molecule has 0 bridgehead atoms. The van der Waals surface area contributed by atoms with Crippen molar-refractivity contribution in [2.24, 2.45) is 0 Å². The lowest BCUT2D eigenvalue weighted by atomic mass is 10.1. The number of nitrogens with zero attached hydrogens (tertiary/aromatic N) is 2. The standard InChI is InChI=1S/C21H25N3O5/c1-21(2,3)29-20(27)23-11-9-14(17(13-23)22-28-4)10-12-24-18(25)15-7-5-6-8-16(15)19(24)26/h5-8,10,13,22H,9,11-12H2,1-4H3. The lowest BCUT2D eigenvalue weighted by Gasteiger charge is -2.29. The van der Waals surface area contributed by atoms with Gasteiger partial charge in [-0.3, -0.25) is 29.7 Å². The van der Waals surface area contributed by atoms with Gasteiger partial charge in [0, 0.05) is 19.3 Å². The first-order valence-electron chi connectivity index (χ1n) is 9.36. The zero-order valence-electron chi connectivity index (χ0n) is 17.0. The quantitative estimate of drug-likeness (QED) is 0.619. The molecule has 0 aromatic heterocycles. The summed E-state index contributed by atoms with van der Waals surface area (Å²) in [4.78, 5) is 45.0. The molecule has 0 aliphatic carbocycles. The smallest absolute Gasteiger partial charge is 0.414 e. The van der Waals surface area contributed by atoms with Gasteiger partial charge in [-0.25, -0.2) is 4.79 Å². The molecule has 0 spiro atoms. The number of nitrogens with one attached hydrogen (secondary N) is 1. The van der Waals surface area contributed by atoms with Gasteiger partial charge >= 0.3 is 6.09 Å². The third-order valence-electron chi connectivity index (χ3n) is 4.49. The fourth-order valence-corrected chi connectivity index (χ4v) is 3.16. The van der Waals surface area contributed by atoms with Crippen LogP contribution in [-0.2, 0) is 9.57 Å². The van der Waals surface area contributed by atoms with E-state index in [2.05, 4.69) is 5.48 Å². The van der Waals surface area contributed by atoms with E-state index in [1.165, 1.54) is 16.9 Å². The molecule has 3 rings (SSSR count). The molecule has 8 nitrogen and oxygen atoms in total. The second-order valence-corrected chi connectivity index (χ2v) is 7.77. The summed E-state index contributed by atoms with van der Waals surface area (Å²) >= 11 is 0. The van der Waals surface area contributed by atoms with Crippen molar-refractivity contribution in [3.8, 4) is 0 Å². The third kappa shape index (κ3) is 4.48. The summed E-state index contributed by atoms with van der Waals surface area (Å²) in [7, 11) is 1.47. The van der Waals surface area contributed by atoms with Crippen LogP contribution < -0.4 is 5.48 Å². The van der Waals surface area contributed by atoms with E-state index in [4.69, 9.17) is 9.57 Å². The second-order valence-electron chi connectivity index (χ2n) is 7.77. The average Bonchev–Trinajstić information content (AvgIpc) is 2.90. The number of rotatable bonds is 4. The Hall–Kier alpha value is -3.13. The van der Waals surface area contributed by atoms with Crippen LogP contribution in [0.1, 0.15) is 47.9 Å². The van der Waals surface area contributed by atoms with Crippen molar-refractivity contribution in [2.75, 3.05) is 20.2 Å². The number of benzene rings is 1. The van der Waals surface area contributed by atoms with Crippen LogP contribution in [0, 0.1) is 0 Å². The summed E-state index contributed by atoms with van der Waals surface area (Å²) in [5.41, 5.74) is 4.40. The molecular weight excluding hydrogens is 374 g/mol. The highest BCUT2D eigenvalue weighted by molar-refractivity contribution is 6.21. The lowest BCUT2D eigenvalue weighted by Crippen LogP contribution is -2.37. The van der Waals surface area contributed by atoms with E-state index in [9.17, 15) is 14.4 Å². The first-order chi connectivity index (χ1) is 13.7. The zero-order valence-corrected chi connectivity index (χ0v) is 17.0. The molecule has 0 unspecified atom stereocenters. The topological polar surface area (TPSA) is 88.2 Å². The Morgan fingerprint density at radius 3 is 2.34 bits per heavy atom. The zero-order chi connectivity index (χ0) is 21.2. The van der Waals surface area contributed by atoms with Crippen LogP contribution >= 0.6 is 0 Å². The minimum Gasteiger partial charge on any atom is -0.443 e. The van der Waals surface area contributed by atoms with Crippen molar-refractivity contribution >= 4 is 17.9 Å². The highest BCUT2D eigenvalue weighted by atomic mass is 16.6. The van der Waals surface area contributed by atoms with Gasteiger partial charge in [-0.1, -0.05) is 18.2 Å². The van der Waals surface area contributed by atoms with Gasteiger partial charge in [0.25, 0.3) is 11.8 Å². The van der Waals surface area contributed by atoms with Crippen LogP contribution in [0.4, 0.5) is 4.79 Å². The normalized spacial score (nSPS) is 18.1. The number of allylic oxidation sites excluding steroid dienone is 1. The Labute approximate surface area is 169 Å². The van der Waals surface area contributed by atoms with Crippen LogP contribution in [0.25, 0.3) is 0 Å². The summed E-state index contributed by atoms with van der Waals surface area (Å²) in [5.74, 6) is -0.613. The number of carbonyl (C=O) groups excluding carboxylic acids is 3. The van der Waals surface area contributed by atoms with Gasteiger partial charge in [-0.2, -0.15) is 0 Å². The molecule has 0 saturated carbocycles. The van der Waals surface area contributed by atoms with E-state index >= 15 is 0 Å². The minimum atomic E-state index is -0.596. The van der Waals surface area contributed by atoms with E-state index in [1.807, 2.05) is 0 Å². The van der Waals surface area contributed by atoms with Gasteiger partial charge in [0.15, 0.2) is 0 Å². The Kier molecular flexibility index (Phi) is 5.74. The number of amides is 3. The number of hydroxylamine groups is 1. The first kappa shape index (κ1) is 20.6. The van der Waals surface area contributed by atoms with Crippen LogP contribution in [0.5, 0.6) is 0 Å². The molecule has 0 saturated heterocycles. The maximum Gasteiger partial charge on any atom is 0.414 e. The molecule has 154 valence electrons. The fraction of sp³-hybridized carbons (Fsp3) is 0.381. The first-order valence-corrected chi connectivity index (χ1v) is 9.36. The third-order valence-corrected chi connectivity index (χ3v) is 4.49. The van der Waals surface area contributed by atoms with Gasteiger partial charge in [-0.15, -0.1) is 0 Å². The van der Waals surface area contributed by atoms with Crippen molar-refractivity contribution in [1.29, 1.82) is 0 Å². The molecule has 2 aliphatic heterocycles. The number of hydrogen-bond donors (Lipinski definition) is 1. The predicted molar refractivity (Wildman–Crippen MR) is 106 cm³/mol. The largest absolute Gasteiger partial charge is 0.443 e. The van der Waals surface area contributed by atoms with Gasteiger partial charge in [0.05, 0.1) is 23.9 Å². The Bertz CT molecular complexity index is 863. The summed E-state index contributed by atoms with van der Waals surface area (Å²) in [6, 6.07) is 6.78. The Balaban J connectivity index is 1.76. The summed E-state index contributed by atoms with van der Waals surface area (Å²) in [6.45, 7) is 5.97. The van der Waals surface area contributed by atoms with Gasteiger partial charge in [0.2, 0.25) is 0 Å². The maximum atomic E-state index is 12.5. The van der Waals surface area contributed by atoms with Crippen molar-refractivity contribution in [3.05, 3.63) is 58.9 Å². The number of imide groups is 1. The monoisotopic (exact) mass is 399 g/mol. The number of fused-ring (bicyclic) bond motifs is 1. The van der Waals surface area contributed by atoms with Crippen LogP contribution in [0.15, 0.2) is 47.8 Å². The van der Waals surface area contributed by atoms with Gasteiger partial charge in [-0.05, 0) is 44.9 Å². The van der Waals surface area contributed by atoms with Crippen LogP contribution in [0.2, 0.25) is 0 Å². The summed E-state index contributed by atoms with van der Waals surface area (Å²) in [5, 5.41) is 0. The van der Waals surface area contributed by atoms with Crippen LogP contribution in [0.3, 0.4) is 0 Å². The van der Waals surface area contributed by atoms with E-state index in [1.54, 1.807) is 57.3 Å². The number of ether oxygens (including phenoxy) is 1. The highest BCUT2D eigenvalue weighted by Crippen LogP contribution is 2.25. The molecule has 3 amide bonds. The molecule has 1 aromatic rings. The highest BCUT2D eigenvalue weighted by Gasteiger charge is 2.34. The SMILES string of the molecule is CONC1=CN(C(=O)OC(C)(C)C)CCC1=CCN1C(=O)c2ccccc2C1=O. The van der Waals surface area contributed by atoms with E-state index in [-0.39, 0.29) is 18.4 Å². The molecule has 0 radical (unpaired) electrons. The number of carbonyl (C=O) groups is 3. The van der Waals surface area contributed by atoms with Crippen LogP contribution in [-0.4, -0.2) is 53.5 Å². The summed E-state index contributed by atoms with van der Waals surface area (Å²) < 4.78 is 5.40.